The fourth-order valence-corrected chi connectivity index (χ4v) is 3.10. The summed E-state index contributed by atoms with van der Waals surface area (Å²) in [5, 5.41) is 2.68. The molecule has 0 aliphatic heterocycles. The molecule has 1 aromatic carbocycles. The lowest BCUT2D eigenvalue weighted by molar-refractivity contribution is -0.119. The number of hydrogen-bond donors (Lipinski definition) is 2. The molecule has 3 N–H and O–H groups in total. The van der Waals surface area contributed by atoms with Gasteiger partial charge in [0.05, 0.1) is 16.9 Å². The van der Waals surface area contributed by atoms with Gasteiger partial charge in [-0.15, -0.1) is 0 Å². The molecule has 0 aromatic heterocycles. The van der Waals surface area contributed by atoms with Crippen LogP contribution in [0.2, 0.25) is 0 Å². The van der Waals surface area contributed by atoms with Crippen molar-refractivity contribution in [2.24, 2.45) is 5.73 Å². The summed E-state index contributed by atoms with van der Waals surface area (Å²) < 4.78 is 5.18. The smallest absolute Gasteiger partial charge is 0.407 e. The quantitative estimate of drug-likeness (QED) is 0.298. The van der Waals surface area contributed by atoms with Crippen LogP contribution in [0, 0.1) is 11.8 Å². The zero-order valence-corrected chi connectivity index (χ0v) is 20.0. The molecule has 0 bridgehead atoms. The summed E-state index contributed by atoms with van der Waals surface area (Å²) in [6.07, 6.45) is 2.52. The van der Waals surface area contributed by atoms with Crippen LogP contribution in [0.15, 0.2) is 18.2 Å². The molecular weight excluding hydrogens is 424 g/mol. The lowest BCUT2D eigenvalue weighted by Gasteiger charge is -2.31. The van der Waals surface area contributed by atoms with Crippen LogP contribution in [0.1, 0.15) is 52.0 Å². The molecule has 0 radical (unpaired) electrons. The summed E-state index contributed by atoms with van der Waals surface area (Å²) in [6.45, 7) is 5.81. The van der Waals surface area contributed by atoms with Crippen LogP contribution in [0.5, 0.6) is 0 Å². The fourth-order valence-electron chi connectivity index (χ4n) is 3.10. The van der Waals surface area contributed by atoms with E-state index in [4.69, 9.17) is 10.5 Å². The molecule has 1 atom stereocenters. The number of rotatable bonds is 11. The number of primary amides is 1. The number of alkyl carbamates (subject to hydrolysis) is 1. The first-order valence-corrected chi connectivity index (χ1v) is 10.7. The van der Waals surface area contributed by atoms with Crippen molar-refractivity contribution in [2.45, 2.75) is 58.1 Å². The predicted molar refractivity (Wildman–Crippen MR) is 128 cm³/mol. The van der Waals surface area contributed by atoms with E-state index in [1.807, 2.05) is 0 Å². The Morgan fingerprint density at radius 1 is 1.24 bits per heavy atom. The largest absolute Gasteiger partial charge is 0.444 e. The Morgan fingerprint density at radius 2 is 1.94 bits per heavy atom. The van der Waals surface area contributed by atoms with Crippen molar-refractivity contribution in [3.05, 3.63) is 23.8 Å². The number of ether oxygens (including phenoxy) is 1. The summed E-state index contributed by atoms with van der Waals surface area (Å²) in [6, 6.07) is 4.61. The Hall–Kier alpha value is -3.54. The molecule has 3 amide bonds. The lowest BCUT2D eigenvalue weighted by Crippen LogP contribution is -2.43. The van der Waals surface area contributed by atoms with Crippen molar-refractivity contribution in [1.29, 1.82) is 0 Å². The number of nitrogens with one attached hydrogen (secondary N) is 1. The third-order valence-electron chi connectivity index (χ3n) is 4.63. The number of unbranched alkanes of at least 4 members (excludes halogenated alkanes) is 1. The first-order valence-electron chi connectivity index (χ1n) is 10.7. The molecule has 0 aliphatic carbocycles. The predicted octanol–water partition coefficient (Wildman–Crippen LogP) is 2.20. The number of nitrogens with zero attached hydrogens (tertiary/aromatic N) is 2. The van der Waals surface area contributed by atoms with Gasteiger partial charge in [0.25, 0.3) is 0 Å². The molecule has 0 spiro atoms. The average Bonchev–Trinajstić information content (AvgIpc) is 2.74. The van der Waals surface area contributed by atoms with Gasteiger partial charge in [-0.05, 0) is 45.7 Å². The second-order valence-electron chi connectivity index (χ2n) is 8.50. The van der Waals surface area contributed by atoms with Crippen LogP contribution in [-0.2, 0) is 19.1 Å². The highest BCUT2D eigenvalue weighted by molar-refractivity contribution is 5.91. The number of para-hydroxylation sites is 1. The zero-order valence-electron chi connectivity index (χ0n) is 20.0. The van der Waals surface area contributed by atoms with Gasteiger partial charge in [-0.1, -0.05) is 17.9 Å². The number of carbonyl (C=O) groups is 4. The van der Waals surface area contributed by atoms with Crippen molar-refractivity contribution in [2.75, 3.05) is 30.4 Å². The molecule has 1 rings (SSSR count). The maximum Gasteiger partial charge on any atom is 0.407 e. The maximum absolute atomic E-state index is 12.0. The number of likely N-dealkylation sites (N-methyl/N-ethyl adjacent to an activating group) is 1. The highest BCUT2D eigenvalue weighted by atomic mass is 16.6. The Labute approximate surface area is 195 Å². The van der Waals surface area contributed by atoms with Gasteiger partial charge >= 0.3 is 6.09 Å². The second kappa shape index (κ2) is 13.1. The summed E-state index contributed by atoms with van der Waals surface area (Å²) in [5.41, 5.74) is 6.73. The number of carbonyl (C=O) groups excluding carboxylic acids is 4. The van der Waals surface area contributed by atoms with Crippen LogP contribution >= 0.6 is 0 Å². The lowest BCUT2D eigenvalue weighted by atomic mass is 10.1. The standard InChI is InChI=1S/C24H34N4O5/c1-24(2,3)33-23(32)26-15-8-6-7-11-18-12-9-13-19(21(18)27(4)17-30)28(5)20(22(25)31)14-10-16-29/h9,12-13,16-17,20H,6,8,10,14-15H2,1-5H3,(H2,25,31)(H,26,32). The van der Waals surface area contributed by atoms with Crippen molar-refractivity contribution < 1.29 is 23.9 Å². The van der Waals surface area contributed by atoms with E-state index in [1.54, 1.807) is 58.0 Å². The molecule has 9 nitrogen and oxygen atoms in total. The van der Waals surface area contributed by atoms with E-state index in [0.717, 1.165) is 6.29 Å². The monoisotopic (exact) mass is 458 g/mol. The summed E-state index contributed by atoms with van der Waals surface area (Å²) in [5.74, 6) is 5.56. The van der Waals surface area contributed by atoms with Crippen molar-refractivity contribution in [1.82, 2.24) is 5.32 Å². The third-order valence-corrected chi connectivity index (χ3v) is 4.63. The van der Waals surface area contributed by atoms with Crippen LogP contribution in [0.25, 0.3) is 0 Å². The van der Waals surface area contributed by atoms with Gasteiger partial charge in [0.1, 0.15) is 17.9 Å². The number of nitrogens with two attached hydrogens (primary N) is 1. The van der Waals surface area contributed by atoms with Gasteiger partial charge in [0, 0.05) is 33.5 Å². The molecular formula is C24H34N4O5. The van der Waals surface area contributed by atoms with E-state index in [9.17, 15) is 19.2 Å². The van der Waals surface area contributed by atoms with E-state index in [0.29, 0.717) is 42.7 Å². The van der Waals surface area contributed by atoms with Crippen LogP contribution in [0.4, 0.5) is 16.2 Å². The first-order chi connectivity index (χ1) is 15.5. The SMILES string of the molecule is CN(C=O)c1c(C#CCCCNC(=O)OC(C)(C)C)cccc1N(C)C(CCC=O)C(N)=O. The Kier molecular flexibility index (Phi) is 10.9. The Bertz CT molecular complexity index is 898. The molecule has 9 heteroatoms. The molecule has 0 fully saturated rings. The molecule has 0 heterocycles. The van der Waals surface area contributed by atoms with Gasteiger partial charge in [0.2, 0.25) is 12.3 Å². The van der Waals surface area contributed by atoms with Crippen molar-refractivity contribution in [3.8, 4) is 11.8 Å². The number of amides is 3. The number of benzene rings is 1. The molecule has 1 aromatic rings. The van der Waals surface area contributed by atoms with Crippen LogP contribution < -0.4 is 20.9 Å². The minimum absolute atomic E-state index is 0.188. The van der Waals surface area contributed by atoms with E-state index < -0.39 is 23.6 Å². The van der Waals surface area contributed by atoms with Crippen molar-refractivity contribution in [3.63, 3.8) is 0 Å². The zero-order chi connectivity index (χ0) is 25.0. The summed E-state index contributed by atoms with van der Waals surface area (Å²) in [4.78, 5) is 49.0. The summed E-state index contributed by atoms with van der Waals surface area (Å²) >= 11 is 0. The first kappa shape index (κ1) is 27.5. The van der Waals surface area contributed by atoms with Gasteiger partial charge in [-0.3, -0.25) is 9.59 Å². The molecule has 1 unspecified atom stereocenters. The van der Waals surface area contributed by atoms with Crippen molar-refractivity contribution >= 4 is 36.1 Å². The highest BCUT2D eigenvalue weighted by Gasteiger charge is 2.24. The van der Waals surface area contributed by atoms with Gasteiger partial charge in [0.15, 0.2) is 0 Å². The number of hydrogen-bond acceptors (Lipinski definition) is 6. The molecule has 33 heavy (non-hydrogen) atoms. The normalized spacial score (nSPS) is 11.4. The maximum atomic E-state index is 12.0. The number of anilines is 2. The van der Waals surface area contributed by atoms with Crippen LogP contribution in [0.3, 0.4) is 0 Å². The second-order valence-corrected chi connectivity index (χ2v) is 8.50. The van der Waals surface area contributed by atoms with E-state index in [1.165, 1.54) is 4.90 Å². The van der Waals surface area contributed by atoms with Crippen LogP contribution in [-0.4, -0.2) is 57.0 Å². The molecule has 0 aliphatic rings. The van der Waals surface area contributed by atoms with Gasteiger partial charge in [-0.2, -0.15) is 0 Å². The Morgan fingerprint density at radius 3 is 2.52 bits per heavy atom. The van der Waals surface area contributed by atoms with E-state index >= 15 is 0 Å². The van der Waals surface area contributed by atoms with Gasteiger partial charge < -0.3 is 30.4 Å². The molecule has 180 valence electrons. The molecule has 0 saturated carbocycles. The topological polar surface area (TPSA) is 122 Å². The average molecular weight is 459 g/mol. The fraction of sp³-hybridized carbons (Fsp3) is 0.500. The Balaban J connectivity index is 2.99. The minimum Gasteiger partial charge on any atom is -0.444 e. The minimum atomic E-state index is -0.712. The third kappa shape index (κ3) is 9.23. The van der Waals surface area contributed by atoms with E-state index in [2.05, 4.69) is 17.2 Å². The molecule has 0 saturated heterocycles. The summed E-state index contributed by atoms with van der Waals surface area (Å²) in [7, 11) is 3.29. The van der Waals surface area contributed by atoms with E-state index in [-0.39, 0.29) is 12.8 Å². The van der Waals surface area contributed by atoms with Gasteiger partial charge in [-0.25, -0.2) is 4.79 Å². The highest BCUT2D eigenvalue weighted by Crippen LogP contribution is 2.32. The number of aldehydes is 1.